The van der Waals surface area contributed by atoms with Crippen LogP contribution in [0.1, 0.15) is 44.1 Å². The summed E-state index contributed by atoms with van der Waals surface area (Å²) in [6, 6.07) is 3.90. The highest BCUT2D eigenvalue weighted by Gasteiger charge is 2.33. The maximum Gasteiger partial charge on any atom is 0.223 e. The Bertz CT molecular complexity index is 436. The van der Waals surface area contributed by atoms with Gasteiger partial charge in [0.1, 0.15) is 0 Å². The molecule has 2 rings (SSSR count). The number of hydrogen-bond acceptors (Lipinski definition) is 3. The largest absolute Gasteiger partial charge is 0.341 e. The van der Waals surface area contributed by atoms with Gasteiger partial charge >= 0.3 is 0 Å². The normalized spacial score (nSPS) is 16.1. The summed E-state index contributed by atoms with van der Waals surface area (Å²) in [4.78, 5) is 18.3. The second-order valence-electron chi connectivity index (χ2n) is 6.05. The lowest BCUT2D eigenvalue weighted by Crippen LogP contribution is -2.39. The Morgan fingerprint density at radius 1 is 1.32 bits per heavy atom. The Morgan fingerprint density at radius 3 is 2.55 bits per heavy atom. The van der Waals surface area contributed by atoms with Gasteiger partial charge in [-0.3, -0.25) is 9.78 Å². The van der Waals surface area contributed by atoms with Gasteiger partial charge in [0.15, 0.2) is 0 Å². The van der Waals surface area contributed by atoms with Gasteiger partial charge in [-0.1, -0.05) is 25.3 Å². The van der Waals surface area contributed by atoms with Crippen molar-refractivity contribution in [2.45, 2.75) is 45.1 Å². The van der Waals surface area contributed by atoms with Gasteiger partial charge in [-0.2, -0.15) is 0 Å². The highest BCUT2D eigenvalue weighted by molar-refractivity contribution is 5.85. The van der Waals surface area contributed by atoms with Crippen molar-refractivity contribution in [2.75, 3.05) is 13.6 Å². The van der Waals surface area contributed by atoms with Crippen molar-refractivity contribution in [2.24, 2.45) is 11.1 Å². The molecule has 2 N–H and O–H groups in total. The van der Waals surface area contributed by atoms with E-state index in [1.807, 2.05) is 25.4 Å². The van der Waals surface area contributed by atoms with Crippen LogP contribution >= 0.6 is 24.8 Å². The van der Waals surface area contributed by atoms with Crippen molar-refractivity contribution in [3.63, 3.8) is 0 Å². The molecular formula is C16H27Cl2N3O. The Labute approximate surface area is 145 Å². The molecule has 1 fully saturated rings. The minimum atomic E-state index is 0. The van der Waals surface area contributed by atoms with Crippen molar-refractivity contribution < 1.29 is 4.79 Å². The van der Waals surface area contributed by atoms with Gasteiger partial charge in [-0.05, 0) is 36.4 Å². The molecule has 1 aromatic rings. The molecule has 1 aromatic heterocycles. The lowest BCUT2D eigenvalue weighted by molar-refractivity contribution is -0.133. The number of amides is 1. The summed E-state index contributed by atoms with van der Waals surface area (Å²) in [5.41, 5.74) is 7.06. The number of carbonyl (C=O) groups is 1. The van der Waals surface area contributed by atoms with Gasteiger partial charge in [-0.25, -0.2) is 0 Å². The second kappa shape index (κ2) is 10.0. The van der Waals surface area contributed by atoms with Gasteiger partial charge in [-0.15, -0.1) is 24.8 Å². The van der Waals surface area contributed by atoms with E-state index in [4.69, 9.17) is 5.73 Å². The van der Waals surface area contributed by atoms with Crippen molar-refractivity contribution in [3.05, 3.63) is 30.1 Å². The zero-order chi connectivity index (χ0) is 14.4. The Kier molecular flexibility index (Phi) is 9.65. The molecule has 0 atom stereocenters. The molecule has 1 aliphatic rings. The molecule has 0 spiro atoms. The van der Waals surface area contributed by atoms with E-state index in [1.54, 1.807) is 11.1 Å². The van der Waals surface area contributed by atoms with Crippen LogP contribution in [0.4, 0.5) is 0 Å². The van der Waals surface area contributed by atoms with Crippen LogP contribution in [0.5, 0.6) is 0 Å². The van der Waals surface area contributed by atoms with Gasteiger partial charge in [0.25, 0.3) is 0 Å². The molecule has 4 nitrogen and oxygen atoms in total. The standard InChI is InChI=1S/C16H25N3O.2ClH/c1-19(12-14-6-5-9-18-11-14)15(20)10-16(13-17)7-3-2-4-8-16;;/h5-6,9,11H,2-4,7-8,10,12-13,17H2,1H3;2*1H. The van der Waals surface area contributed by atoms with Crippen LogP contribution in [0, 0.1) is 5.41 Å². The highest BCUT2D eigenvalue weighted by atomic mass is 35.5. The molecule has 126 valence electrons. The molecule has 0 aliphatic heterocycles. The van der Waals surface area contributed by atoms with Crippen molar-refractivity contribution in [1.29, 1.82) is 0 Å². The lowest BCUT2D eigenvalue weighted by atomic mass is 9.71. The van der Waals surface area contributed by atoms with E-state index < -0.39 is 0 Å². The fraction of sp³-hybridized carbons (Fsp3) is 0.625. The summed E-state index contributed by atoms with van der Waals surface area (Å²) < 4.78 is 0. The minimum absolute atomic E-state index is 0. The van der Waals surface area contributed by atoms with E-state index in [1.165, 1.54) is 19.3 Å². The number of hydrogen-bond donors (Lipinski definition) is 1. The number of carbonyl (C=O) groups excluding carboxylic acids is 1. The number of nitrogens with two attached hydrogens (primary N) is 1. The molecule has 1 saturated carbocycles. The smallest absolute Gasteiger partial charge is 0.223 e. The summed E-state index contributed by atoms with van der Waals surface area (Å²) in [5.74, 6) is 0.196. The number of nitrogens with zero attached hydrogens (tertiary/aromatic N) is 2. The Balaban J connectivity index is 0.00000220. The van der Waals surface area contributed by atoms with Gasteiger partial charge in [0.05, 0.1) is 0 Å². The number of pyridine rings is 1. The Morgan fingerprint density at radius 2 is 2.00 bits per heavy atom. The van der Waals surface area contributed by atoms with Crippen molar-refractivity contribution >= 4 is 30.7 Å². The monoisotopic (exact) mass is 347 g/mol. The number of halogens is 2. The minimum Gasteiger partial charge on any atom is -0.341 e. The molecule has 1 amide bonds. The second-order valence-corrected chi connectivity index (χ2v) is 6.05. The van der Waals surface area contributed by atoms with Crippen molar-refractivity contribution in [1.82, 2.24) is 9.88 Å². The van der Waals surface area contributed by atoms with Crippen LogP contribution < -0.4 is 5.73 Å². The highest BCUT2D eigenvalue weighted by Crippen LogP contribution is 2.38. The molecule has 0 aromatic carbocycles. The van der Waals surface area contributed by atoms with E-state index in [2.05, 4.69) is 4.98 Å². The first-order chi connectivity index (χ1) is 9.65. The molecule has 0 saturated heterocycles. The fourth-order valence-electron chi connectivity index (χ4n) is 3.06. The summed E-state index contributed by atoms with van der Waals surface area (Å²) >= 11 is 0. The van der Waals surface area contributed by atoms with Crippen LogP contribution in [-0.2, 0) is 11.3 Å². The third-order valence-electron chi connectivity index (χ3n) is 4.44. The number of rotatable bonds is 5. The van der Waals surface area contributed by atoms with Crippen LogP contribution in [-0.4, -0.2) is 29.4 Å². The third-order valence-corrected chi connectivity index (χ3v) is 4.44. The van der Waals surface area contributed by atoms with Crippen LogP contribution in [0.15, 0.2) is 24.5 Å². The van der Waals surface area contributed by atoms with Crippen LogP contribution in [0.3, 0.4) is 0 Å². The first kappa shape index (κ1) is 21.2. The Hall–Kier alpha value is -0.840. The van der Waals surface area contributed by atoms with Crippen molar-refractivity contribution in [3.8, 4) is 0 Å². The van der Waals surface area contributed by atoms with Crippen LogP contribution in [0.2, 0.25) is 0 Å². The van der Waals surface area contributed by atoms with E-state index in [-0.39, 0.29) is 36.1 Å². The topological polar surface area (TPSA) is 59.2 Å². The van der Waals surface area contributed by atoms with Gasteiger partial charge in [0, 0.05) is 32.4 Å². The molecule has 1 heterocycles. The fourth-order valence-corrected chi connectivity index (χ4v) is 3.06. The molecule has 0 radical (unpaired) electrons. The lowest BCUT2D eigenvalue weighted by Gasteiger charge is -2.36. The van der Waals surface area contributed by atoms with E-state index in [9.17, 15) is 4.79 Å². The van der Waals surface area contributed by atoms with Gasteiger partial charge in [0.2, 0.25) is 5.91 Å². The first-order valence-electron chi connectivity index (χ1n) is 7.48. The average Bonchev–Trinajstić information content (AvgIpc) is 2.49. The number of aromatic nitrogens is 1. The molecular weight excluding hydrogens is 321 g/mol. The maximum atomic E-state index is 12.4. The maximum absolute atomic E-state index is 12.4. The molecule has 1 aliphatic carbocycles. The molecule has 6 heteroatoms. The van der Waals surface area contributed by atoms with E-state index >= 15 is 0 Å². The third kappa shape index (κ3) is 5.75. The molecule has 0 unspecified atom stereocenters. The average molecular weight is 348 g/mol. The predicted molar refractivity (Wildman–Crippen MR) is 94.4 cm³/mol. The van der Waals surface area contributed by atoms with Crippen LogP contribution in [0.25, 0.3) is 0 Å². The zero-order valence-electron chi connectivity index (χ0n) is 13.2. The summed E-state index contributed by atoms with van der Waals surface area (Å²) in [7, 11) is 1.86. The molecule has 0 bridgehead atoms. The van der Waals surface area contributed by atoms with Gasteiger partial charge < -0.3 is 10.6 Å². The molecule has 22 heavy (non-hydrogen) atoms. The summed E-state index contributed by atoms with van der Waals surface area (Å²) in [5, 5.41) is 0. The van der Waals surface area contributed by atoms with E-state index in [0.29, 0.717) is 19.5 Å². The van der Waals surface area contributed by atoms with E-state index in [0.717, 1.165) is 18.4 Å². The quantitative estimate of drug-likeness (QED) is 0.889. The first-order valence-corrected chi connectivity index (χ1v) is 7.48. The summed E-state index contributed by atoms with van der Waals surface area (Å²) in [6.07, 6.45) is 10.0. The predicted octanol–water partition coefficient (Wildman–Crippen LogP) is 3.18. The zero-order valence-corrected chi connectivity index (χ0v) is 14.8. The summed E-state index contributed by atoms with van der Waals surface area (Å²) in [6.45, 7) is 1.24. The SMILES string of the molecule is CN(Cc1cccnc1)C(=O)CC1(CN)CCCCC1.Cl.Cl.